The van der Waals surface area contributed by atoms with Gasteiger partial charge in [0.05, 0.1) is 31.0 Å². The van der Waals surface area contributed by atoms with Crippen LogP contribution in [0.5, 0.6) is 5.88 Å². The van der Waals surface area contributed by atoms with E-state index in [2.05, 4.69) is 20.2 Å². The number of nitrogen functional groups attached to an aromatic ring is 1. The summed E-state index contributed by atoms with van der Waals surface area (Å²) in [7, 11) is 0. The molecule has 2 saturated heterocycles. The molecule has 0 bridgehead atoms. The van der Waals surface area contributed by atoms with Crippen molar-refractivity contribution in [2.45, 2.75) is 19.0 Å². The Morgan fingerprint density at radius 1 is 1.26 bits per heavy atom. The maximum atomic E-state index is 15.4. The summed E-state index contributed by atoms with van der Waals surface area (Å²) in [4.78, 5) is 24.3. The quantitative estimate of drug-likeness (QED) is 0.483. The number of benzene rings is 1. The van der Waals surface area contributed by atoms with Gasteiger partial charge in [0, 0.05) is 48.5 Å². The number of hydrogen-bond acceptors (Lipinski definition) is 8. The molecular formula is C24H25FN6O4. The fraction of sp³-hybridized carbons (Fsp3) is 0.375. The highest BCUT2D eigenvalue weighted by atomic mass is 19.1. The van der Waals surface area contributed by atoms with Crippen molar-refractivity contribution < 1.29 is 23.8 Å². The number of likely N-dealkylation sites (tertiary alicyclic amines) is 1. The average molecular weight is 481 g/mol. The van der Waals surface area contributed by atoms with Crippen LogP contribution in [0.1, 0.15) is 5.56 Å². The molecular weight excluding hydrogens is 455 g/mol. The van der Waals surface area contributed by atoms with Gasteiger partial charge in [0.1, 0.15) is 18.1 Å². The first-order valence-electron chi connectivity index (χ1n) is 11.5. The molecule has 35 heavy (non-hydrogen) atoms. The second-order valence-corrected chi connectivity index (χ2v) is 9.12. The van der Waals surface area contributed by atoms with Crippen molar-refractivity contribution in [1.29, 1.82) is 0 Å². The Morgan fingerprint density at radius 3 is 2.77 bits per heavy atom. The number of amides is 1. The van der Waals surface area contributed by atoms with Crippen LogP contribution < -0.4 is 20.7 Å². The maximum Gasteiger partial charge on any atom is 0.413 e. The van der Waals surface area contributed by atoms with Crippen molar-refractivity contribution in [3.05, 3.63) is 35.9 Å². The summed E-state index contributed by atoms with van der Waals surface area (Å²) in [6.07, 6.45) is 1.93. The zero-order valence-electron chi connectivity index (χ0n) is 19.1. The molecule has 11 heteroatoms. The number of carboxylic acid groups (broad SMARTS) is 1. The lowest BCUT2D eigenvalue weighted by atomic mass is 9.96. The molecule has 1 amide bonds. The van der Waals surface area contributed by atoms with E-state index in [9.17, 15) is 9.90 Å². The standard InChI is InChI=1S/C24H25FN6O4/c1-12-17(6-29-23-22(12)27-2-3-35-23)16-4-13-5-19(28-7-18(13)21(26)20(16)25)31(24(32)33)14-8-30(9-14)15-10-34-11-15/h4-7,14-15,27H,2-3,8-11,26H2,1H3,(H,32,33). The Kier molecular flexibility index (Phi) is 5.11. The number of nitrogens with two attached hydrogens (primary N) is 1. The first-order valence-corrected chi connectivity index (χ1v) is 11.5. The van der Waals surface area contributed by atoms with E-state index in [1.807, 2.05) is 6.92 Å². The van der Waals surface area contributed by atoms with E-state index in [-0.39, 0.29) is 23.1 Å². The lowest BCUT2D eigenvalue weighted by Gasteiger charge is -2.49. The van der Waals surface area contributed by atoms with Gasteiger partial charge in [-0.25, -0.2) is 19.2 Å². The number of rotatable bonds is 4. The van der Waals surface area contributed by atoms with Crippen LogP contribution in [0.3, 0.4) is 0 Å². The van der Waals surface area contributed by atoms with Crippen LogP contribution in [0.2, 0.25) is 0 Å². The van der Waals surface area contributed by atoms with E-state index in [1.54, 1.807) is 18.3 Å². The third kappa shape index (κ3) is 3.50. The summed E-state index contributed by atoms with van der Waals surface area (Å²) in [6, 6.07) is 3.46. The van der Waals surface area contributed by atoms with Gasteiger partial charge in [-0.2, -0.15) is 0 Å². The smallest absolute Gasteiger partial charge is 0.413 e. The lowest BCUT2D eigenvalue weighted by Crippen LogP contribution is -2.67. The summed E-state index contributed by atoms with van der Waals surface area (Å²) in [6.45, 7) is 5.61. The number of aromatic nitrogens is 2. The Hall–Kier alpha value is -3.70. The van der Waals surface area contributed by atoms with Crippen LogP contribution in [0, 0.1) is 12.7 Å². The van der Waals surface area contributed by atoms with Gasteiger partial charge in [-0.15, -0.1) is 0 Å². The molecule has 1 aromatic carbocycles. The second-order valence-electron chi connectivity index (χ2n) is 9.12. The molecule has 10 nitrogen and oxygen atoms in total. The van der Waals surface area contributed by atoms with Gasteiger partial charge < -0.3 is 25.6 Å². The topological polar surface area (TPSA) is 126 Å². The van der Waals surface area contributed by atoms with Gasteiger partial charge in [0.15, 0.2) is 5.82 Å². The molecule has 0 spiro atoms. The number of fused-ring (bicyclic) bond motifs is 2. The number of carbonyl (C=O) groups is 1. The van der Waals surface area contributed by atoms with Crippen molar-refractivity contribution in [2.24, 2.45) is 0 Å². The number of anilines is 3. The van der Waals surface area contributed by atoms with Crippen LogP contribution >= 0.6 is 0 Å². The number of halogens is 1. The fourth-order valence-corrected chi connectivity index (χ4v) is 4.93. The van der Waals surface area contributed by atoms with Crippen LogP contribution in [-0.2, 0) is 4.74 Å². The van der Waals surface area contributed by atoms with Gasteiger partial charge in [-0.3, -0.25) is 9.80 Å². The van der Waals surface area contributed by atoms with E-state index >= 15 is 4.39 Å². The molecule has 5 heterocycles. The van der Waals surface area contributed by atoms with Crippen LogP contribution in [0.15, 0.2) is 24.5 Å². The van der Waals surface area contributed by atoms with E-state index in [0.29, 0.717) is 67.7 Å². The number of nitrogens with one attached hydrogen (secondary N) is 1. The number of pyridine rings is 2. The molecule has 0 aliphatic carbocycles. The Bertz CT molecular complexity index is 1340. The average Bonchev–Trinajstić information content (AvgIpc) is 2.79. The van der Waals surface area contributed by atoms with Gasteiger partial charge in [0.2, 0.25) is 5.88 Å². The first kappa shape index (κ1) is 21.8. The molecule has 0 unspecified atom stereocenters. The van der Waals surface area contributed by atoms with Crippen molar-refractivity contribution in [2.75, 3.05) is 55.4 Å². The monoisotopic (exact) mass is 480 g/mol. The minimum absolute atomic E-state index is 0.0421. The minimum Gasteiger partial charge on any atom is -0.474 e. The lowest BCUT2D eigenvalue weighted by molar-refractivity contribution is -0.0897. The zero-order valence-corrected chi connectivity index (χ0v) is 19.1. The van der Waals surface area contributed by atoms with Crippen molar-refractivity contribution >= 4 is 34.1 Å². The third-order valence-electron chi connectivity index (χ3n) is 7.07. The fourth-order valence-electron chi connectivity index (χ4n) is 4.93. The largest absolute Gasteiger partial charge is 0.474 e. The highest BCUT2D eigenvalue weighted by Gasteiger charge is 2.41. The molecule has 3 aliphatic heterocycles. The summed E-state index contributed by atoms with van der Waals surface area (Å²) in [5, 5.41) is 14.2. The number of hydrogen-bond donors (Lipinski definition) is 3. The minimum atomic E-state index is -1.08. The molecule has 4 N–H and O–H groups in total. The Morgan fingerprint density at radius 2 is 2.06 bits per heavy atom. The van der Waals surface area contributed by atoms with Crippen LogP contribution in [-0.4, -0.2) is 77.6 Å². The third-order valence-corrected chi connectivity index (χ3v) is 7.07. The molecule has 0 radical (unpaired) electrons. The van der Waals surface area contributed by atoms with Gasteiger partial charge in [0.25, 0.3) is 0 Å². The molecule has 2 fully saturated rings. The molecule has 3 aromatic rings. The molecule has 3 aliphatic rings. The normalized spacial score (nSPS) is 18.2. The predicted octanol–water partition coefficient (Wildman–Crippen LogP) is 2.70. The summed E-state index contributed by atoms with van der Waals surface area (Å²) >= 11 is 0. The molecule has 182 valence electrons. The second kappa shape index (κ2) is 8.21. The molecule has 0 atom stereocenters. The Labute approximate surface area is 200 Å². The van der Waals surface area contributed by atoms with Crippen LogP contribution in [0.4, 0.5) is 26.4 Å². The van der Waals surface area contributed by atoms with Gasteiger partial charge in [-0.1, -0.05) is 0 Å². The first-order chi connectivity index (χ1) is 16.9. The zero-order chi connectivity index (χ0) is 24.3. The van der Waals surface area contributed by atoms with E-state index < -0.39 is 11.9 Å². The van der Waals surface area contributed by atoms with Crippen molar-refractivity contribution in [1.82, 2.24) is 14.9 Å². The van der Waals surface area contributed by atoms with E-state index in [0.717, 1.165) is 11.3 Å². The van der Waals surface area contributed by atoms with Gasteiger partial charge in [-0.05, 0) is 30.0 Å². The van der Waals surface area contributed by atoms with Crippen molar-refractivity contribution in [3.8, 4) is 17.0 Å². The van der Waals surface area contributed by atoms with Gasteiger partial charge >= 0.3 is 6.09 Å². The number of nitrogens with zero attached hydrogens (tertiary/aromatic N) is 4. The number of ether oxygens (including phenoxy) is 2. The highest BCUT2D eigenvalue weighted by Crippen LogP contribution is 2.40. The summed E-state index contributed by atoms with van der Waals surface area (Å²) < 4.78 is 26.2. The summed E-state index contributed by atoms with van der Waals surface area (Å²) in [5.74, 6) is 0.200. The van der Waals surface area contributed by atoms with E-state index in [1.165, 1.54) is 11.1 Å². The Balaban J connectivity index is 1.39. The van der Waals surface area contributed by atoms with E-state index in [4.69, 9.17) is 15.2 Å². The predicted molar refractivity (Wildman–Crippen MR) is 129 cm³/mol. The molecule has 0 saturated carbocycles. The maximum absolute atomic E-state index is 15.4. The SMILES string of the molecule is Cc1c(-c2cc3cc(N(C(=O)O)C4CN(C5COC5)C4)ncc3c(N)c2F)cnc2c1NCCO2. The highest BCUT2D eigenvalue weighted by molar-refractivity contribution is 6.00. The molecule has 6 rings (SSSR count). The summed E-state index contributed by atoms with van der Waals surface area (Å²) in [5.41, 5.74) is 8.52. The molecule has 2 aromatic heterocycles. The van der Waals surface area contributed by atoms with Crippen molar-refractivity contribution in [3.63, 3.8) is 0 Å². The van der Waals surface area contributed by atoms with Crippen LogP contribution in [0.25, 0.3) is 21.9 Å².